The number of aromatic nitrogens is 5. The van der Waals surface area contributed by atoms with Crippen LogP contribution < -0.4 is 15.6 Å². The first-order chi connectivity index (χ1) is 18.0. The molecule has 0 aliphatic heterocycles. The lowest BCUT2D eigenvalue weighted by atomic mass is 10.1. The highest BCUT2D eigenvalue weighted by molar-refractivity contribution is 7.16. The van der Waals surface area contributed by atoms with E-state index in [9.17, 15) is 9.59 Å². The maximum absolute atomic E-state index is 13.3. The molecule has 5 aromatic rings. The molecular weight excluding hydrogens is 536 g/mol. The summed E-state index contributed by atoms with van der Waals surface area (Å²) in [6.07, 6.45) is 7.31. The first-order valence-corrected chi connectivity index (χ1v) is 12.9. The maximum Gasteiger partial charge on any atom is 0.302 e. The van der Waals surface area contributed by atoms with Gasteiger partial charge in [0.2, 0.25) is 0 Å². The number of rotatable bonds is 9. The van der Waals surface area contributed by atoms with E-state index < -0.39 is 5.91 Å². The monoisotopic (exact) mass is 554 g/mol. The zero-order valence-electron chi connectivity index (χ0n) is 19.4. The predicted octanol–water partition coefficient (Wildman–Crippen LogP) is 4.87. The highest BCUT2D eigenvalue weighted by atomic mass is 35.5. The molecule has 0 spiro atoms. The number of thiazole rings is 1. The number of nitrogens with zero attached hydrogens (tertiary/aromatic N) is 5. The summed E-state index contributed by atoms with van der Waals surface area (Å²) in [6.45, 7) is 4.50. The minimum atomic E-state index is -0.527. The molecule has 0 atom stereocenters. The smallest absolute Gasteiger partial charge is 0.302 e. The summed E-state index contributed by atoms with van der Waals surface area (Å²) in [4.78, 5) is 35.3. The van der Waals surface area contributed by atoms with Gasteiger partial charge in [-0.15, -0.1) is 22.7 Å². The number of carbonyl (C=O) groups excluding carboxylic acids is 1. The average Bonchev–Trinajstić information content (AvgIpc) is 3.71. The molecule has 0 fully saturated rings. The van der Waals surface area contributed by atoms with E-state index in [1.165, 1.54) is 57.8 Å². The van der Waals surface area contributed by atoms with Crippen LogP contribution in [0.4, 0.5) is 5.82 Å². The third kappa shape index (κ3) is 4.99. The highest BCUT2D eigenvalue weighted by Gasteiger charge is 2.27. The van der Waals surface area contributed by atoms with Crippen LogP contribution in [0.15, 0.2) is 64.4 Å². The Morgan fingerprint density at radius 2 is 2.22 bits per heavy atom. The minimum Gasteiger partial charge on any atom is -0.491 e. The molecule has 5 heterocycles. The van der Waals surface area contributed by atoms with Gasteiger partial charge in [-0.2, -0.15) is 9.78 Å². The molecule has 0 aromatic carbocycles. The van der Waals surface area contributed by atoms with Crippen molar-refractivity contribution in [1.29, 1.82) is 0 Å². The summed E-state index contributed by atoms with van der Waals surface area (Å²) in [5.41, 5.74) is 1.27. The highest BCUT2D eigenvalue weighted by Crippen LogP contribution is 2.38. The first kappa shape index (κ1) is 24.7. The summed E-state index contributed by atoms with van der Waals surface area (Å²) in [6, 6.07) is 5.15. The molecule has 0 radical (unpaired) electrons. The minimum absolute atomic E-state index is 0.0663. The SMILES string of the molecule is C=Cc1cc(=O)n(Cc2nccs2)cc1-c1nn(C(=O)c2cocn2)c(NCc2ccc(Cl)s2)c1OC. The molecule has 0 aliphatic rings. The van der Waals surface area contributed by atoms with E-state index in [0.717, 1.165) is 9.88 Å². The summed E-state index contributed by atoms with van der Waals surface area (Å²) in [5.74, 6) is 0.0889. The van der Waals surface area contributed by atoms with E-state index in [1.54, 1.807) is 24.5 Å². The molecule has 13 heteroatoms. The Labute approximate surface area is 223 Å². The standard InChI is InChI=1S/C24H19ClN6O4S2/c1-3-14-8-20(32)30(11-19-26-6-7-36-19)10-16(14)21-22(34-2)23(27-9-15-4-5-18(25)37-15)31(29-21)24(33)17-12-35-13-28-17/h3-8,10,12-13,27H,1,9,11H2,2H3. The van der Waals surface area contributed by atoms with Crippen LogP contribution in [0.1, 0.15) is 25.9 Å². The fourth-order valence-corrected chi connectivity index (χ4v) is 5.32. The van der Waals surface area contributed by atoms with E-state index in [4.69, 9.17) is 20.8 Å². The second-order valence-corrected chi connectivity index (χ2v) is 10.4. The van der Waals surface area contributed by atoms with Crippen LogP contribution in [0.5, 0.6) is 5.75 Å². The predicted molar refractivity (Wildman–Crippen MR) is 143 cm³/mol. The van der Waals surface area contributed by atoms with Crippen LogP contribution in [-0.2, 0) is 13.1 Å². The third-order valence-corrected chi connectivity index (χ3v) is 7.37. The molecule has 0 unspecified atom stereocenters. The lowest BCUT2D eigenvalue weighted by Crippen LogP contribution is -2.20. The summed E-state index contributed by atoms with van der Waals surface area (Å²) in [7, 11) is 1.48. The number of anilines is 1. The Kier molecular flexibility index (Phi) is 7.04. The summed E-state index contributed by atoms with van der Waals surface area (Å²) >= 11 is 8.94. The first-order valence-electron chi connectivity index (χ1n) is 10.8. The van der Waals surface area contributed by atoms with E-state index >= 15 is 0 Å². The summed E-state index contributed by atoms with van der Waals surface area (Å²) < 4.78 is 14.1. The maximum atomic E-state index is 13.3. The van der Waals surface area contributed by atoms with E-state index in [2.05, 4.69) is 27.0 Å². The van der Waals surface area contributed by atoms with Gasteiger partial charge in [0.25, 0.3) is 5.56 Å². The van der Waals surface area contributed by atoms with Crippen LogP contribution in [0.3, 0.4) is 0 Å². The van der Waals surface area contributed by atoms with Gasteiger partial charge >= 0.3 is 5.91 Å². The molecule has 37 heavy (non-hydrogen) atoms. The lowest BCUT2D eigenvalue weighted by Gasteiger charge is -2.11. The topological polar surface area (TPSA) is 117 Å². The van der Waals surface area contributed by atoms with Crippen molar-refractivity contribution in [2.24, 2.45) is 0 Å². The zero-order chi connectivity index (χ0) is 25.9. The number of methoxy groups -OCH3 is 1. The van der Waals surface area contributed by atoms with Gasteiger partial charge in [0.15, 0.2) is 23.7 Å². The van der Waals surface area contributed by atoms with Gasteiger partial charge in [-0.3, -0.25) is 9.59 Å². The number of nitrogens with one attached hydrogen (secondary N) is 1. The molecule has 0 aliphatic carbocycles. The van der Waals surface area contributed by atoms with Crippen molar-refractivity contribution >= 4 is 52.1 Å². The second kappa shape index (κ2) is 10.5. The van der Waals surface area contributed by atoms with E-state index in [1.807, 2.05) is 11.4 Å². The number of hydrogen-bond donors (Lipinski definition) is 1. The Morgan fingerprint density at radius 3 is 2.86 bits per heavy atom. The number of thiophene rings is 1. The number of hydrogen-bond acceptors (Lipinski definition) is 10. The van der Waals surface area contributed by atoms with Crippen molar-refractivity contribution in [1.82, 2.24) is 24.3 Å². The van der Waals surface area contributed by atoms with Crippen LogP contribution in [0, 0.1) is 0 Å². The molecule has 0 saturated carbocycles. The molecule has 10 nitrogen and oxygen atoms in total. The number of oxazole rings is 1. The Hall–Kier alpha value is -4.00. The largest absolute Gasteiger partial charge is 0.491 e. The van der Waals surface area contributed by atoms with Gasteiger partial charge in [-0.1, -0.05) is 24.3 Å². The van der Waals surface area contributed by atoms with Crippen LogP contribution in [0.25, 0.3) is 17.3 Å². The van der Waals surface area contributed by atoms with E-state index in [0.29, 0.717) is 39.3 Å². The number of carbonyl (C=O) groups is 1. The fourth-order valence-electron chi connectivity index (χ4n) is 3.67. The Balaban J connectivity index is 1.64. The van der Waals surface area contributed by atoms with Crippen LogP contribution in [-0.4, -0.2) is 37.3 Å². The van der Waals surface area contributed by atoms with E-state index in [-0.39, 0.29) is 17.8 Å². The quantitative estimate of drug-likeness (QED) is 0.274. The van der Waals surface area contributed by atoms with Gasteiger partial charge in [0, 0.05) is 34.3 Å². The van der Waals surface area contributed by atoms with Gasteiger partial charge in [0.1, 0.15) is 17.0 Å². The van der Waals surface area contributed by atoms with Gasteiger partial charge < -0.3 is 19.0 Å². The van der Waals surface area contributed by atoms with Crippen molar-refractivity contribution in [2.45, 2.75) is 13.1 Å². The molecule has 0 saturated heterocycles. The molecule has 0 amide bonds. The number of halogens is 1. The van der Waals surface area contributed by atoms with Gasteiger partial charge in [-0.05, 0) is 17.7 Å². The number of pyridine rings is 1. The van der Waals surface area contributed by atoms with Crippen LogP contribution in [0.2, 0.25) is 4.34 Å². The van der Waals surface area contributed by atoms with Crippen LogP contribution >= 0.6 is 34.3 Å². The average molecular weight is 555 g/mol. The molecule has 1 N–H and O–H groups in total. The molecular formula is C24H19ClN6O4S2. The van der Waals surface area contributed by atoms with Crippen molar-refractivity contribution in [2.75, 3.05) is 12.4 Å². The Morgan fingerprint density at radius 1 is 1.35 bits per heavy atom. The van der Waals surface area contributed by atoms with Crippen molar-refractivity contribution in [3.63, 3.8) is 0 Å². The Bertz CT molecular complexity index is 1620. The van der Waals surface area contributed by atoms with Gasteiger partial charge in [0.05, 0.1) is 24.5 Å². The fraction of sp³-hybridized carbons (Fsp3) is 0.125. The lowest BCUT2D eigenvalue weighted by molar-refractivity contribution is 0.0942. The molecule has 5 aromatic heterocycles. The third-order valence-electron chi connectivity index (χ3n) is 5.37. The number of ether oxygens (including phenoxy) is 1. The molecule has 0 bridgehead atoms. The van der Waals surface area contributed by atoms with Crippen molar-refractivity contribution < 1.29 is 13.9 Å². The molecule has 188 valence electrons. The van der Waals surface area contributed by atoms with Crippen molar-refractivity contribution in [3.8, 4) is 17.0 Å². The zero-order valence-corrected chi connectivity index (χ0v) is 21.8. The summed E-state index contributed by atoms with van der Waals surface area (Å²) in [5, 5.41) is 10.5. The molecule has 5 rings (SSSR count). The van der Waals surface area contributed by atoms with Gasteiger partial charge in [-0.25, -0.2) is 9.97 Å². The second-order valence-electron chi connectivity index (χ2n) is 7.62. The van der Waals surface area contributed by atoms with Crippen molar-refractivity contribution in [3.05, 3.63) is 91.0 Å². The normalized spacial score (nSPS) is 11.0.